The summed E-state index contributed by atoms with van der Waals surface area (Å²) in [7, 11) is 0. The van der Waals surface area contributed by atoms with Gasteiger partial charge in [0.05, 0.1) is 0 Å². The molecule has 8 aromatic rings. The van der Waals surface area contributed by atoms with Crippen LogP contribution in [0.1, 0.15) is 52.7 Å². The fraction of sp³-hybridized carbons (Fsp3) is 0.170. The Bertz CT molecular complexity index is 2380. The minimum absolute atomic E-state index is 0. The van der Waals surface area contributed by atoms with Gasteiger partial charge in [-0.15, -0.1) is 24.3 Å². The topological polar surface area (TPSA) is 50.1 Å². The summed E-state index contributed by atoms with van der Waals surface area (Å²) in [6, 6.07) is 49.8. The summed E-state index contributed by atoms with van der Waals surface area (Å²) in [5.41, 5.74) is 9.17. The number of anilines is 6. The van der Waals surface area contributed by atoms with Gasteiger partial charge in [0.15, 0.2) is 0 Å². The van der Waals surface area contributed by atoms with Crippen molar-refractivity contribution in [3.63, 3.8) is 0 Å². The standard InChI is InChI=1S/C47H42N6.Pt/c1-46(2,3)33-21-27-49-44(29-33)51(35-13-9-7-10-14-35)38-17-19-42-40(31-38)41-32-39(18-20-43(41)53(42)37-23-25-48-26-24-37)52(36-15-11-8-12-16-36)45-30-34(22-28-50-45)47(4,5)6;/h7-30H,1-6H3;/q-2;+2. The number of pyridine rings is 3. The van der Waals surface area contributed by atoms with Crippen molar-refractivity contribution in [3.8, 4) is 5.69 Å². The quantitative estimate of drug-likeness (QED) is 0.149. The maximum Gasteiger partial charge on any atom is 2.00 e. The van der Waals surface area contributed by atoms with Gasteiger partial charge < -0.3 is 14.4 Å². The second kappa shape index (κ2) is 14.7. The summed E-state index contributed by atoms with van der Waals surface area (Å²) in [5.74, 6) is 1.67. The molecule has 0 radical (unpaired) electrons. The predicted octanol–water partition coefficient (Wildman–Crippen LogP) is 12.1. The Morgan fingerprint density at radius 1 is 0.500 bits per heavy atom. The van der Waals surface area contributed by atoms with Crippen LogP contribution in [0.4, 0.5) is 34.4 Å². The number of benzene rings is 4. The molecule has 4 heterocycles. The van der Waals surface area contributed by atoms with Crippen molar-refractivity contribution in [2.45, 2.75) is 52.4 Å². The van der Waals surface area contributed by atoms with Crippen LogP contribution in [0.5, 0.6) is 0 Å². The zero-order valence-corrected chi connectivity index (χ0v) is 33.6. The number of aromatic nitrogens is 4. The summed E-state index contributed by atoms with van der Waals surface area (Å²) in [6.07, 6.45) is 7.47. The van der Waals surface area contributed by atoms with Crippen molar-refractivity contribution in [1.82, 2.24) is 19.5 Å². The first kappa shape index (κ1) is 36.8. The zero-order valence-electron chi connectivity index (χ0n) is 31.4. The number of hydrogen-bond acceptors (Lipinski definition) is 5. The maximum absolute atomic E-state index is 4.90. The van der Waals surface area contributed by atoms with E-state index >= 15 is 0 Å². The molecule has 6 nitrogen and oxygen atoms in total. The van der Waals surface area contributed by atoms with Gasteiger partial charge in [0.25, 0.3) is 0 Å². The molecule has 0 aliphatic rings. The molecular weight excluding hydrogens is 844 g/mol. The Balaban J connectivity index is 0.00000450. The summed E-state index contributed by atoms with van der Waals surface area (Å²) in [4.78, 5) is 18.5. The molecule has 0 N–H and O–H groups in total. The van der Waals surface area contributed by atoms with Gasteiger partial charge in [-0.2, -0.15) is 22.9 Å². The van der Waals surface area contributed by atoms with Gasteiger partial charge in [-0.1, -0.05) is 89.0 Å². The fourth-order valence-corrected chi connectivity index (χ4v) is 6.82. The van der Waals surface area contributed by atoms with Crippen molar-refractivity contribution in [3.05, 3.63) is 169 Å². The van der Waals surface area contributed by atoms with Gasteiger partial charge in [-0.25, -0.2) is 9.97 Å². The zero-order chi connectivity index (χ0) is 36.7. The van der Waals surface area contributed by atoms with E-state index in [0.717, 1.165) is 61.9 Å². The van der Waals surface area contributed by atoms with Crippen molar-refractivity contribution in [1.29, 1.82) is 0 Å². The molecule has 0 unspecified atom stereocenters. The SMILES string of the molecule is CC(C)(C)c1ccnc(N(c2[c-]c3c4[c-]c(N(c5ccccc5)c5cc(C(C)(C)C)ccn5)ccc4n(-c4ccncc4)c3cc2)c2ccccc2)c1.[Pt+2]. The van der Waals surface area contributed by atoms with E-state index < -0.39 is 0 Å². The number of hydrogen-bond donors (Lipinski definition) is 0. The summed E-state index contributed by atoms with van der Waals surface area (Å²) >= 11 is 0. The molecule has 4 aromatic carbocycles. The van der Waals surface area contributed by atoms with E-state index in [1.54, 1.807) is 0 Å². The minimum atomic E-state index is -0.0388. The predicted molar refractivity (Wildman–Crippen MR) is 219 cm³/mol. The third-order valence-electron chi connectivity index (χ3n) is 9.66. The smallest absolute Gasteiger partial charge is 0.409 e. The van der Waals surface area contributed by atoms with Gasteiger partial charge in [0, 0.05) is 41.8 Å². The van der Waals surface area contributed by atoms with E-state index in [4.69, 9.17) is 9.97 Å². The maximum atomic E-state index is 4.90. The van der Waals surface area contributed by atoms with Crippen LogP contribution < -0.4 is 9.80 Å². The molecule has 0 aliphatic carbocycles. The molecule has 0 saturated carbocycles. The van der Waals surface area contributed by atoms with Crippen LogP contribution in [0.15, 0.2) is 146 Å². The van der Waals surface area contributed by atoms with Crippen LogP contribution in [-0.2, 0) is 31.9 Å². The monoisotopic (exact) mass is 885 g/mol. The van der Waals surface area contributed by atoms with Crippen LogP contribution in [-0.4, -0.2) is 19.5 Å². The Morgan fingerprint density at radius 2 is 0.926 bits per heavy atom. The van der Waals surface area contributed by atoms with Gasteiger partial charge in [-0.3, -0.25) is 4.98 Å². The Morgan fingerprint density at radius 3 is 1.33 bits per heavy atom. The number of nitrogens with zero attached hydrogens (tertiary/aromatic N) is 6. The largest absolute Gasteiger partial charge is 2.00 e. The molecule has 0 spiro atoms. The molecule has 0 fully saturated rings. The van der Waals surface area contributed by atoms with E-state index in [1.165, 1.54) is 11.1 Å². The van der Waals surface area contributed by atoms with Crippen LogP contribution in [0.3, 0.4) is 0 Å². The Labute approximate surface area is 332 Å². The van der Waals surface area contributed by atoms with Crippen LogP contribution >= 0.6 is 0 Å². The summed E-state index contributed by atoms with van der Waals surface area (Å²) < 4.78 is 2.27. The van der Waals surface area contributed by atoms with E-state index in [9.17, 15) is 0 Å². The van der Waals surface area contributed by atoms with Crippen LogP contribution in [0, 0.1) is 12.1 Å². The first-order valence-electron chi connectivity index (χ1n) is 18.0. The van der Waals surface area contributed by atoms with Crippen molar-refractivity contribution in [2.24, 2.45) is 0 Å². The van der Waals surface area contributed by atoms with E-state index in [2.05, 4.69) is 170 Å². The van der Waals surface area contributed by atoms with Crippen molar-refractivity contribution in [2.75, 3.05) is 9.80 Å². The van der Waals surface area contributed by atoms with E-state index in [0.29, 0.717) is 0 Å². The molecule has 0 atom stereocenters. The molecule has 0 bridgehead atoms. The first-order valence-corrected chi connectivity index (χ1v) is 18.0. The molecular formula is C47H42N6Pt. The first-order chi connectivity index (χ1) is 25.6. The van der Waals surface area contributed by atoms with Gasteiger partial charge in [-0.05, 0) is 94.0 Å². The Hall–Kier alpha value is -5.58. The molecule has 7 heteroatoms. The fourth-order valence-electron chi connectivity index (χ4n) is 6.82. The summed E-state index contributed by atoms with van der Waals surface area (Å²) in [6.45, 7) is 13.4. The van der Waals surface area contributed by atoms with E-state index in [1.807, 2.05) is 49.1 Å². The second-order valence-corrected chi connectivity index (χ2v) is 15.4. The number of para-hydroxylation sites is 2. The second-order valence-electron chi connectivity index (χ2n) is 15.4. The summed E-state index contributed by atoms with van der Waals surface area (Å²) in [5, 5.41) is 1.90. The van der Waals surface area contributed by atoms with E-state index in [-0.39, 0.29) is 31.9 Å². The molecule has 8 rings (SSSR count). The Kier molecular flexibility index (Phi) is 10.00. The average Bonchev–Trinajstić information content (AvgIpc) is 3.49. The van der Waals surface area contributed by atoms with Crippen LogP contribution in [0.25, 0.3) is 27.5 Å². The number of rotatable bonds is 7. The number of fused-ring (bicyclic) bond motifs is 3. The molecule has 0 amide bonds. The van der Waals surface area contributed by atoms with Crippen molar-refractivity contribution < 1.29 is 21.1 Å². The van der Waals surface area contributed by atoms with Gasteiger partial charge >= 0.3 is 21.1 Å². The molecule has 0 aliphatic heterocycles. The molecule has 0 saturated heterocycles. The van der Waals surface area contributed by atoms with Crippen LogP contribution in [0.2, 0.25) is 0 Å². The van der Waals surface area contributed by atoms with Gasteiger partial charge in [0.1, 0.15) is 11.6 Å². The third kappa shape index (κ3) is 7.06. The minimum Gasteiger partial charge on any atom is -0.409 e. The van der Waals surface area contributed by atoms with Crippen molar-refractivity contribution >= 4 is 56.2 Å². The third-order valence-corrected chi connectivity index (χ3v) is 9.66. The average molecular weight is 886 g/mol. The molecule has 54 heavy (non-hydrogen) atoms. The molecule has 270 valence electrons. The van der Waals surface area contributed by atoms with Gasteiger partial charge in [0.2, 0.25) is 0 Å². The molecule has 4 aromatic heterocycles. The normalized spacial score (nSPS) is 11.7.